The first kappa shape index (κ1) is 8.99. The van der Waals surface area contributed by atoms with Gasteiger partial charge in [-0.3, -0.25) is 0 Å². The average molecular weight is 282 g/mol. The predicted molar refractivity (Wildman–Crippen MR) is 53.1 cm³/mol. The van der Waals surface area contributed by atoms with Crippen molar-refractivity contribution in [3.05, 3.63) is 19.4 Å². The Labute approximate surface area is 82.7 Å². The van der Waals surface area contributed by atoms with E-state index in [1.165, 1.54) is 18.4 Å². The molecule has 0 aromatic carbocycles. The smallest absolute Gasteiger partial charge is 0.349 e. The average Bonchev–Trinajstić information content (AvgIpc) is 2.32. The fraction of sp³-hybridized carbons (Fsp3) is 0.286. The van der Waals surface area contributed by atoms with Crippen molar-refractivity contribution >= 4 is 39.9 Å². The minimum atomic E-state index is -0.243. The van der Waals surface area contributed by atoms with Crippen molar-refractivity contribution in [1.82, 2.24) is 0 Å². The maximum atomic E-state index is 11.0. The number of thiophene rings is 1. The number of carbonyl (C=O) groups excluding carboxylic acids is 1. The quantitative estimate of drug-likeness (QED) is 0.584. The van der Waals surface area contributed by atoms with E-state index in [0.717, 1.165) is 9.13 Å². The molecule has 0 unspecified atom stereocenters. The Morgan fingerprint density at radius 3 is 2.73 bits per heavy atom. The zero-order valence-corrected chi connectivity index (χ0v) is 9.15. The maximum Gasteiger partial charge on any atom is 0.349 e. The molecule has 0 atom stereocenters. The van der Waals surface area contributed by atoms with Gasteiger partial charge in [-0.1, -0.05) is 0 Å². The number of rotatable bonds is 1. The molecule has 4 heteroatoms. The third kappa shape index (κ3) is 1.73. The molecule has 0 bridgehead atoms. The number of hydrogen-bond acceptors (Lipinski definition) is 3. The van der Waals surface area contributed by atoms with E-state index in [2.05, 4.69) is 27.3 Å². The Balaban J connectivity index is 3.04. The van der Waals surface area contributed by atoms with Gasteiger partial charge in [0.05, 0.1) is 7.11 Å². The summed E-state index contributed by atoms with van der Waals surface area (Å²) in [5.74, 6) is -0.243. The van der Waals surface area contributed by atoms with Gasteiger partial charge >= 0.3 is 5.97 Å². The van der Waals surface area contributed by atoms with E-state index < -0.39 is 0 Å². The Kier molecular flexibility index (Phi) is 2.89. The molecule has 0 aliphatic heterocycles. The Morgan fingerprint density at radius 2 is 2.36 bits per heavy atom. The molecule has 0 saturated carbocycles. The van der Waals surface area contributed by atoms with Crippen molar-refractivity contribution in [2.75, 3.05) is 7.11 Å². The Hall–Kier alpha value is -0.100. The van der Waals surface area contributed by atoms with Gasteiger partial charge in [-0.15, -0.1) is 11.3 Å². The van der Waals surface area contributed by atoms with Crippen LogP contribution in [0, 0.1) is 10.5 Å². The number of aryl methyl sites for hydroxylation is 1. The van der Waals surface area contributed by atoms with Gasteiger partial charge in [0.15, 0.2) is 0 Å². The van der Waals surface area contributed by atoms with E-state index in [0.29, 0.717) is 4.88 Å². The van der Waals surface area contributed by atoms with Gasteiger partial charge in [-0.25, -0.2) is 4.79 Å². The minimum absolute atomic E-state index is 0.243. The van der Waals surface area contributed by atoms with E-state index in [1.54, 1.807) is 0 Å². The highest BCUT2D eigenvalue weighted by molar-refractivity contribution is 14.1. The number of methoxy groups -OCH3 is 1. The van der Waals surface area contributed by atoms with Crippen molar-refractivity contribution in [3.8, 4) is 0 Å². The van der Waals surface area contributed by atoms with Gasteiger partial charge in [0.2, 0.25) is 0 Å². The lowest BCUT2D eigenvalue weighted by Crippen LogP contribution is -1.99. The molecule has 1 heterocycles. The number of esters is 1. The van der Waals surface area contributed by atoms with Crippen molar-refractivity contribution in [3.63, 3.8) is 0 Å². The first-order valence-electron chi connectivity index (χ1n) is 2.98. The van der Waals surface area contributed by atoms with Crippen molar-refractivity contribution < 1.29 is 9.53 Å². The van der Waals surface area contributed by atoms with Crippen molar-refractivity contribution in [1.29, 1.82) is 0 Å². The summed E-state index contributed by atoms with van der Waals surface area (Å²) in [6.45, 7) is 1.98. The van der Waals surface area contributed by atoms with Gasteiger partial charge < -0.3 is 4.74 Å². The van der Waals surface area contributed by atoms with Gasteiger partial charge in [0.1, 0.15) is 4.88 Å². The van der Waals surface area contributed by atoms with Crippen LogP contribution in [0.15, 0.2) is 5.38 Å². The first-order chi connectivity index (χ1) is 5.16. The molecule has 0 spiro atoms. The monoisotopic (exact) mass is 282 g/mol. The van der Waals surface area contributed by atoms with Crippen LogP contribution in [0.3, 0.4) is 0 Å². The third-order valence-corrected chi connectivity index (χ3v) is 4.10. The summed E-state index contributed by atoms with van der Waals surface area (Å²) in [6.07, 6.45) is 0. The van der Waals surface area contributed by atoms with Crippen LogP contribution in [0.5, 0.6) is 0 Å². The van der Waals surface area contributed by atoms with E-state index in [1.807, 2.05) is 12.3 Å². The number of halogens is 1. The van der Waals surface area contributed by atoms with Crippen LogP contribution in [0.4, 0.5) is 0 Å². The highest BCUT2D eigenvalue weighted by atomic mass is 127. The molecule has 0 aliphatic carbocycles. The summed E-state index contributed by atoms with van der Waals surface area (Å²) in [4.78, 5) is 11.7. The molecule has 0 amide bonds. The lowest BCUT2D eigenvalue weighted by molar-refractivity contribution is 0.0605. The summed E-state index contributed by atoms with van der Waals surface area (Å²) in [5, 5.41) is 1.95. The molecular weight excluding hydrogens is 275 g/mol. The van der Waals surface area contributed by atoms with Gasteiger partial charge in [-0.2, -0.15) is 0 Å². The summed E-state index contributed by atoms with van der Waals surface area (Å²) in [6, 6.07) is 0. The van der Waals surface area contributed by atoms with E-state index in [-0.39, 0.29) is 5.97 Å². The second-order valence-electron chi connectivity index (χ2n) is 2.05. The van der Waals surface area contributed by atoms with Crippen molar-refractivity contribution in [2.24, 2.45) is 0 Å². The highest BCUT2D eigenvalue weighted by Crippen LogP contribution is 2.23. The van der Waals surface area contributed by atoms with Gasteiger partial charge in [0, 0.05) is 3.57 Å². The van der Waals surface area contributed by atoms with Crippen LogP contribution in [-0.4, -0.2) is 13.1 Å². The number of hydrogen-bond donors (Lipinski definition) is 0. The fourth-order valence-electron chi connectivity index (χ4n) is 0.660. The molecular formula is C7H7IO2S. The second kappa shape index (κ2) is 3.53. The van der Waals surface area contributed by atoms with Crippen LogP contribution in [0.2, 0.25) is 0 Å². The summed E-state index contributed by atoms with van der Waals surface area (Å²) < 4.78 is 5.60. The Morgan fingerprint density at radius 1 is 1.73 bits per heavy atom. The maximum absolute atomic E-state index is 11.0. The minimum Gasteiger partial charge on any atom is -0.465 e. The van der Waals surface area contributed by atoms with Crippen LogP contribution < -0.4 is 0 Å². The fourth-order valence-corrected chi connectivity index (χ4v) is 2.49. The standard InChI is InChI=1S/C7H7IO2S/c1-4-3-11-6(5(4)8)7(9)10-2/h3H,1-2H3. The number of carbonyl (C=O) groups is 1. The largest absolute Gasteiger partial charge is 0.465 e. The molecule has 0 radical (unpaired) electrons. The lowest BCUT2D eigenvalue weighted by atomic mass is 10.3. The normalized spacial score (nSPS) is 9.73. The third-order valence-electron chi connectivity index (χ3n) is 1.27. The van der Waals surface area contributed by atoms with Crippen LogP contribution in [0.1, 0.15) is 15.2 Å². The van der Waals surface area contributed by atoms with E-state index >= 15 is 0 Å². The zero-order chi connectivity index (χ0) is 8.43. The molecule has 11 heavy (non-hydrogen) atoms. The topological polar surface area (TPSA) is 26.3 Å². The van der Waals surface area contributed by atoms with Crippen LogP contribution in [0.25, 0.3) is 0 Å². The SMILES string of the molecule is COC(=O)c1scc(C)c1I. The van der Waals surface area contributed by atoms with Crippen LogP contribution >= 0.6 is 33.9 Å². The summed E-state index contributed by atoms with van der Waals surface area (Å²) in [7, 11) is 1.40. The van der Waals surface area contributed by atoms with Gasteiger partial charge in [0.25, 0.3) is 0 Å². The molecule has 2 nitrogen and oxygen atoms in total. The number of ether oxygens (including phenoxy) is 1. The highest BCUT2D eigenvalue weighted by Gasteiger charge is 2.13. The van der Waals surface area contributed by atoms with Crippen molar-refractivity contribution in [2.45, 2.75) is 6.92 Å². The molecule has 0 fully saturated rings. The predicted octanol–water partition coefficient (Wildman–Crippen LogP) is 2.45. The van der Waals surface area contributed by atoms with E-state index in [4.69, 9.17) is 0 Å². The van der Waals surface area contributed by atoms with Crippen LogP contribution in [-0.2, 0) is 4.74 Å². The van der Waals surface area contributed by atoms with Gasteiger partial charge in [-0.05, 0) is 40.5 Å². The summed E-state index contributed by atoms with van der Waals surface area (Å²) in [5.41, 5.74) is 1.14. The van der Waals surface area contributed by atoms with E-state index in [9.17, 15) is 4.79 Å². The zero-order valence-electron chi connectivity index (χ0n) is 6.18. The lowest BCUT2D eigenvalue weighted by Gasteiger charge is -1.94. The molecule has 0 N–H and O–H groups in total. The molecule has 0 saturated heterocycles. The molecule has 0 aliphatic rings. The molecule has 1 aromatic heterocycles. The molecule has 1 aromatic rings. The molecule has 1 rings (SSSR count). The summed E-state index contributed by atoms with van der Waals surface area (Å²) >= 11 is 3.58. The first-order valence-corrected chi connectivity index (χ1v) is 4.94. The molecule has 60 valence electrons. The Bertz CT molecular complexity index is 280. The second-order valence-corrected chi connectivity index (χ2v) is 4.01.